The van der Waals surface area contributed by atoms with Gasteiger partial charge in [-0.15, -0.1) is 0 Å². The standard InChI is InChI=1S/C23H23NO2/c1-15-11-19(21-5-3-4-6-23(21)24-15)14-26-20-9-7-17(8-10-20)12-18-13-22(18)16(2)25/h3-11,18,22H,12-14H2,1-2H3. The third-order valence-corrected chi connectivity index (χ3v) is 5.19. The van der Waals surface area contributed by atoms with Crippen LogP contribution >= 0.6 is 0 Å². The molecule has 4 rings (SSSR count). The smallest absolute Gasteiger partial charge is 0.133 e. The van der Waals surface area contributed by atoms with Crippen molar-refractivity contribution in [1.29, 1.82) is 0 Å². The number of aryl methyl sites for hydroxylation is 1. The highest BCUT2D eigenvalue weighted by Gasteiger charge is 2.40. The van der Waals surface area contributed by atoms with Crippen LogP contribution in [0.15, 0.2) is 54.6 Å². The van der Waals surface area contributed by atoms with Crippen molar-refractivity contribution >= 4 is 16.7 Å². The normalized spacial score (nSPS) is 18.7. The van der Waals surface area contributed by atoms with E-state index < -0.39 is 0 Å². The fraction of sp³-hybridized carbons (Fsp3) is 0.304. The van der Waals surface area contributed by atoms with Gasteiger partial charge in [-0.1, -0.05) is 30.3 Å². The molecule has 26 heavy (non-hydrogen) atoms. The lowest BCUT2D eigenvalue weighted by molar-refractivity contribution is -0.118. The molecule has 3 aromatic rings. The Morgan fingerprint density at radius 1 is 1.15 bits per heavy atom. The van der Waals surface area contributed by atoms with Crippen LogP contribution in [0.4, 0.5) is 0 Å². The van der Waals surface area contributed by atoms with E-state index in [0.29, 0.717) is 18.3 Å². The first-order valence-corrected chi connectivity index (χ1v) is 9.17. The molecule has 1 fully saturated rings. The fourth-order valence-corrected chi connectivity index (χ4v) is 3.67. The van der Waals surface area contributed by atoms with Crippen LogP contribution in [0.5, 0.6) is 5.75 Å². The van der Waals surface area contributed by atoms with E-state index in [0.717, 1.165) is 40.8 Å². The molecule has 2 aromatic carbocycles. The van der Waals surface area contributed by atoms with E-state index in [4.69, 9.17) is 4.74 Å². The van der Waals surface area contributed by atoms with Crippen molar-refractivity contribution in [2.45, 2.75) is 33.3 Å². The van der Waals surface area contributed by atoms with Crippen molar-refractivity contribution in [3.63, 3.8) is 0 Å². The third kappa shape index (κ3) is 3.62. The number of para-hydroxylation sites is 1. The lowest BCUT2D eigenvalue weighted by atomic mass is 10.1. The number of carbonyl (C=O) groups excluding carboxylic acids is 1. The predicted molar refractivity (Wildman–Crippen MR) is 103 cm³/mol. The lowest BCUT2D eigenvalue weighted by Gasteiger charge is -2.10. The number of hydrogen-bond donors (Lipinski definition) is 0. The van der Waals surface area contributed by atoms with Gasteiger partial charge in [-0.25, -0.2) is 0 Å². The molecule has 0 radical (unpaired) electrons. The van der Waals surface area contributed by atoms with Gasteiger partial charge in [0.15, 0.2) is 0 Å². The van der Waals surface area contributed by atoms with Crippen molar-refractivity contribution in [2.75, 3.05) is 0 Å². The summed E-state index contributed by atoms with van der Waals surface area (Å²) in [6, 6.07) is 18.5. The Morgan fingerprint density at radius 3 is 2.65 bits per heavy atom. The van der Waals surface area contributed by atoms with Gasteiger partial charge in [0, 0.05) is 22.6 Å². The molecule has 0 N–H and O–H groups in total. The minimum atomic E-state index is 0.286. The largest absolute Gasteiger partial charge is 0.489 e. The number of Topliss-reactive ketones (excluding diaryl/α,β-unsaturated/α-hetero) is 1. The Labute approximate surface area is 154 Å². The highest BCUT2D eigenvalue weighted by Crippen LogP contribution is 2.41. The number of ketones is 1. The van der Waals surface area contributed by atoms with Crippen LogP contribution < -0.4 is 4.74 Å². The van der Waals surface area contributed by atoms with E-state index in [2.05, 4.69) is 29.2 Å². The quantitative estimate of drug-likeness (QED) is 0.638. The first kappa shape index (κ1) is 16.8. The maximum atomic E-state index is 11.4. The van der Waals surface area contributed by atoms with Crippen molar-refractivity contribution in [3.05, 3.63) is 71.4 Å². The van der Waals surface area contributed by atoms with Crippen LogP contribution in [-0.4, -0.2) is 10.8 Å². The Balaban J connectivity index is 1.42. The monoisotopic (exact) mass is 345 g/mol. The molecular weight excluding hydrogens is 322 g/mol. The zero-order chi connectivity index (χ0) is 18.1. The first-order valence-electron chi connectivity index (χ1n) is 9.17. The lowest BCUT2D eigenvalue weighted by Crippen LogP contribution is -2.00. The number of pyridine rings is 1. The Bertz CT molecular complexity index is 946. The van der Waals surface area contributed by atoms with Gasteiger partial charge >= 0.3 is 0 Å². The summed E-state index contributed by atoms with van der Waals surface area (Å²) in [5.74, 6) is 2.01. The predicted octanol–water partition coefficient (Wildman–Crippen LogP) is 4.89. The molecule has 0 bridgehead atoms. The number of rotatable bonds is 6. The minimum absolute atomic E-state index is 0.286. The summed E-state index contributed by atoms with van der Waals surface area (Å²) in [6.45, 7) is 4.24. The maximum Gasteiger partial charge on any atom is 0.133 e. The van der Waals surface area contributed by atoms with Crippen molar-refractivity contribution in [1.82, 2.24) is 4.98 Å². The zero-order valence-electron chi connectivity index (χ0n) is 15.2. The van der Waals surface area contributed by atoms with E-state index >= 15 is 0 Å². The van der Waals surface area contributed by atoms with Crippen LogP contribution in [0, 0.1) is 18.8 Å². The molecule has 3 nitrogen and oxygen atoms in total. The van der Waals surface area contributed by atoms with Crippen molar-refractivity contribution in [3.8, 4) is 5.75 Å². The summed E-state index contributed by atoms with van der Waals surface area (Å²) in [5, 5.41) is 1.14. The molecule has 1 heterocycles. The molecule has 1 aromatic heterocycles. The molecule has 0 aliphatic heterocycles. The van der Waals surface area contributed by atoms with E-state index in [1.807, 2.05) is 37.3 Å². The average Bonchev–Trinajstić information content (AvgIpc) is 3.40. The molecule has 3 heteroatoms. The summed E-state index contributed by atoms with van der Waals surface area (Å²) in [7, 11) is 0. The SMILES string of the molecule is CC(=O)C1CC1Cc1ccc(OCc2cc(C)nc3ccccc23)cc1. The van der Waals surface area contributed by atoms with E-state index in [1.165, 1.54) is 5.56 Å². The summed E-state index contributed by atoms with van der Waals surface area (Å²) >= 11 is 0. The number of aromatic nitrogens is 1. The molecule has 0 amide bonds. The Morgan fingerprint density at radius 2 is 1.92 bits per heavy atom. The molecule has 0 saturated heterocycles. The van der Waals surface area contributed by atoms with Crippen LogP contribution in [0.2, 0.25) is 0 Å². The maximum absolute atomic E-state index is 11.4. The van der Waals surface area contributed by atoms with Crippen LogP contribution in [-0.2, 0) is 17.8 Å². The second-order valence-corrected chi connectivity index (χ2v) is 7.29. The van der Waals surface area contributed by atoms with Crippen molar-refractivity contribution < 1.29 is 9.53 Å². The summed E-state index contributed by atoms with van der Waals surface area (Å²) in [4.78, 5) is 15.9. The molecule has 1 aliphatic rings. The molecule has 132 valence electrons. The van der Waals surface area contributed by atoms with Crippen LogP contribution in [0.3, 0.4) is 0 Å². The van der Waals surface area contributed by atoms with E-state index in [1.54, 1.807) is 6.92 Å². The second-order valence-electron chi connectivity index (χ2n) is 7.29. The highest BCUT2D eigenvalue weighted by molar-refractivity contribution is 5.82. The zero-order valence-corrected chi connectivity index (χ0v) is 15.2. The van der Waals surface area contributed by atoms with Gasteiger partial charge in [0.2, 0.25) is 0 Å². The fourth-order valence-electron chi connectivity index (χ4n) is 3.67. The molecular formula is C23H23NO2. The average molecular weight is 345 g/mol. The molecule has 1 aliphatic carbocycles. The van der Waals surface area contributed by atoms with Gasteiger partial charge in [-0.3, -0.25) is 9.78 Å². The first-order chi connectivity index (χ1) is 12.6. The van der Waals surface area contributed by atoms with Crippen LogP contribution in [0.1, 0.15) is 30.2 Å². The minimum Gasteiger partial charge on any atom is -0.489 e. The summed E-state index contributed by atoms with van der Waals surface area (Å²) in [6.07, 6.45) is 2.03. The molecule has 2 unspecified atom stereocenters. The number of ether oxygens (including phenoxy) is 1. The van der Waals surface area contributed by atoms with Crippen molar-refractivity contribution in [2.24, 2.45) is 11.8 Å². The summed E-state index contributed by atoms with van der Waals surface area (Å²) < 4.78 is 6.01. The third-order valence-electron chi connectivity index (χ3n) is 5.19. The van der Waals surface area contributed by atoms with Crippen LogP contribution in [0.25, 0.3) is 10.9 Å². The molecule has 1 saturated carbocycles. The Kier molecular flexibility index (Phi) is 4.46. The van der Waals surface area contributed by atoms with Gasteiger partial charge in [-0.05, 0) is 62.4 Å². The van der Waals surface area contributed by atoms with Gasteiger partial charge < -0.3 is 4.74 Å². The molecule has 0 spiro atoms. The van der Waals surface area contributed by atoms with Gasteiger partial charge in [0.25, 0.3) is 0 Å². The number of hydrogen-bond acceptors (Lipinski definition) is 3. The topological polar surface area (TPSA) is 39.2 Å². The second kappa shape index (κ2) is 6.91. The number of nitrogens with zero attached hydrogens (tertiary/aromatic N) is 1. The summed E-state index contributed by atoms with van der Waals surface area (Å²) in [5.41, 5.74) is 4.43. The van der Waals surface area contributed by atoms with E-state index in [9.17, 15) is 4.79 Å². The highest BCUT2D eigenvalue weighted by atomic mass is 16.5. The van der Waals surface area contributed by atoms with E-state index in [-0.39, 0.29) is 5.92 Å². The van der Waals surface area contributed by atoms with Gasteiger partial charge in [0.1, 0.15) is 18.1 Å². The number of benzene rings is 2. The number of fused-ring (bicyclic) bond motifs is 1. The Hall–Kier alpha value is -2.68. The number of carbonyl (C=O) groups is 1. The molecule has 2 atom stereocenters. The van der Waals surface area contributed by atoms with Gasteiger partial charge in [0.05, 0.1) is 5.52 Å². The van der Waals surface area contributed by atoms with Gasteiger partial charge in [-0.2, -0.15) is 0 Å².